The molecule has 1 unspecified atom stereocenters. The van der Waals surface area contributed by atoms with Gasteiger partial charge in [-0.25, -0.2) is 0 Å². The van der Waals surface area contributed by atoms with Crippen molar-refractivity contribution in [1.29, 1.82) is 0 Å². The highest BCUT2D eigenvalue weighted by Gasteiger charge is 2.04. The number of hydrogen-bond donors (Lipinski definition) is 2. The van der Waals surface area contributed by atoms with E-state index in [9.17, 15) is 5.11 Å². The van der Waals surface area contributed by atoms with E-state index >= 15 is 0 Å². The van der Waals surface area contributed by atoms with Gasteiger partial charge in [-0.05, 0) is 20.2 Å². The van der Waals surface area contributed by atoms with Crippen LogP contribution in [-0.2, 0) is 6.54 Å². The van der Waals surface area contributed by atoms with E-state index in [0.29, 0.717) is 13.1 Å². The van der Waals surface area contributed by atoms with Crippen LogP contribution in [0.2, 0.25) is 0 Å². The monoisotopic (exact) mass is 198 g/mol. The molecule has 4 nitrogen and oxygen atoms in total. The van der Waals surface area contributed by atoms with Crippen molar-refractivity contribution in [2.24, 2.45) is 0 Å². The average molecular weight is 198 g/mol. The second-order valence-corrected chi connectivity index (χ2v) is 3.68. The highest BCUT2D eigenvalue weighted by molar-refractivity contribution is 5.04. The molecule has 0 aromatic carbocycles. The Kier molecular flexibility index (Phi) is 4.65. The first kappa shape index (κ1) is 11.2. The fourth-order valence-electron chi connectivity index (χ4n) is 1.26. The fourth-order valence-corrected chi connectivity index (χ4v) is 1.26. The quantitative estimate of drug-likeness (QED) is 0.690. The molecule has 0 saturated carbocycles. The fraction of sp³-hybridized carbons (Fsp3) is 0.600. The van der Waals surface area contributed by atoms with Crippen molar-refractivity contribution in [3.05, 3.63) is 24.2 Å². The van der Waals surface area contributed by atoms with E-state index in [4.69, 9.17) is 4.42 Å². The normalized spacial score (nSPS) is 13.4. The molecule has 0 fully saturated rings. The molecule has 1 rings (SSSR count). The van der Waals surface area contributed by atoms with Gasteiger partial charge in [-0.15, -0.1) is 0 Å². The lowest BCUT2D eigenvalue weighted by atomic mass is 10.3. The number of furan rings is 1. The molecule has 0 aliphatic carbocycles. The third-order valence-corrected chi connectivity index (χ3v) is 1.87. The van der Waals surface area contributed by atoms with Crippen molar-refractivity contribution in [2.75, 3.05) is 27.2 Å². The molecule has 4 heteroatoms. The first-order valence-electron chi connectivity index (χ1n) is 4.73. The second kappa shape index (κ2) is 5.80. The summed E-state index contributed by atoms with van der Waals surface area (Å²) < 4.78 is 4.93. The Morgan fingerprint density at radius 3 is 2.93 bits per heavy atom. The number of rotatable bonds is 6. The van der Waals surface area contributed by atoms with E-state index in [-0.39, 0.29) is 6.10 Å². The van der Waals surface area contributed by atoms with Crippen LogP contribution in [0.1, 0.15) is 5.56 Å². The average Bonchev–Trinajstić information content (AvgIpc) is 2.55. The zero-order valence-electron chi connectivity index (χ0n) is 8.73. The van der Waals surface area contributed by atoms with Gasteiger partial charge in [-0.3, -0.25) is 0 Å². The predicted molar refractivity (Wildman–Crippen MR) is 55.0 cm³/mol. The summed E-state index contributed by atoms with van der Waals surface area (Å²) in [5, 5.41) is 12.7. The lowest BCUT2D eigenvalue weighted by molar-refractivity contribution is 0.134. The Labute approximate surface area is 84.5 Å². The van der Waals surface area contributed by atoms with Crippen molar-refractivity contribution in [3.8, 4) is 0 Å². The summed E-state index contributed by atoms with van der Waals surface area (Å²) in [4.78, 5) is 1.96. The minimum absolute atomic E-state index is 0.322. The van der Waals surface area contributed by atoms with Crippen molar-refractivity contribution in [3.63, 3.8) is 0 Å². The maximum Gasteiger partial charge on any atom is 0.0947 e. The molecule has 14 heavy (non-hydrogen) atoms. The van der Waals surface area contributed by atoms with E-state index in [2.05, 4.69) is 5.32 Å². The third-order valence-electron chi connectivity index (χ3n) is 1.87. The van der Waals surface area contributed by atoms with E-state index in [1.807, 2.05) is 25.1 Å². The minimum atomic E-state index is -0.322. The molecular weight excluding hydrogens is 180 g/mol. The number of hydrogen-bond acceptors (Lipinski definition) is 4. The van der Waals surface area contributed by atoms with Gasteiger partial charge in [0.25, 0.3) is 0 Å². The molecule has 2 N–H and O–H groups in total. The first-order chi connectivity index (χ1) is 6.68. The molecule has 0 saturated heterocycles. The van der Waals surface area contributed by atoms with Gasteiger partial charge in [0.05, 0.1) is 18.6 Å². The van der Waals surface area contributed by atoms with Crippen LogP contribution in [0.25, 0.3) is 0 Å². The van der Waals surface area contributed by atoms with Gasteiger partial charge in [0, 0.05) is 25.2 Å². The molecule has 1 aromatic heterocycles. The molecule has 0 amide bonds. The predicted octanol–water partition coefficient (Wildman–Crippen LogP) is 0.292. The van der Waals surface area contributed by atoms with Crippen LogP contribution in [0.3, 0.4) is 0 Å². The van der Waals surface area contributed by atoms with Gasteiger partial charge < -0.3 is 19.7 Å². The molecule has 0 spiro atoms. The summed E-state index contributed by atoms with van der Waals surface area (Å²) in [5.41, 5.74) is 1.10. The lowest BCUT2D eigenvalue weighted by Crippen LogP contribution is -2.34. The lowest BCUT2D eigenvalue weighted by Gasteiger charge is -2.15. The number of aliphatic hydroxyl groups is 1. The van der Waals surface area contributed by atoms with Crippen LogP contribution in [0.15, 0.2) is 23.0 Å². The summed E-state index contributed by atoms with van der Waals surface area (Å²) in [6.07, 6.45) is 3.02. The van der Waals surface area contributed by atoms with Crippen molar-refractivity contribution < 1.29 is 9.52 Å². The highest BCUT2D eigenvalue weighted by Crippen LogP contribution is 1.98. The number of likely N-dealkylation sites (N-methyl/N-ethyl adjacent to an activating group) is 1. The molecular formula is C10H18N2O2. The minimum Gasteiger partial charge on any atom is -0.472 e. The van der Waals surface area contributed by atoms with Gasteiger partial charge in [0.2, 0.25) is 0 Å². The third kappa shape index (κ3) is 4.41. The van der Waals surface area contributed by atoms with Crippen molar-refractivity contribution >= 4 is 0 Å². The maximum atomic E-state index is 9.52. The summed E-state index contributed by atoms with van der Waals surface area (Å²) in [6, 6.07) is 1.91. The molecule has 0 aliphatic heterocycles. The van der Waals surface area contributed by atoms with E-state index in [0.717, 1.165) is 12.1 Å². The molecule has 0 bridgehead atoms. The molecule has 1 aromatic rings. The van der Waals surface area contributed by atoms with Gasteiger partial charge in [0.15, 0.2) is 0 Å². The van der Waals surface area contributed by atoms with Crippen molar-refractivity contribution in [1.82, 2.24) is 10.2 Å². The Balaban J connectivity index is 2.09. The Morgan fingerprint density at radius 2 is 2.36 bits per heavy atom. The number of nitrogens with zero attached hydrogens (tertiary/aromatic N) is 1. The summed E-state index contributed by atoms with van der Waals surface area (Å²) in [7, 11) is 3.89. The molecule has 1 heterocycles. The van der Waals surface area contributed by atoms with Crippen LogP contribution < -0.4 is 5.32 Å². The van der Waals surface area contributed by atoms with E-state index < -0.39 is 0 Å². The van der Waals surface area contributed by atoms with Gasteiger partial charge in [0.1, 0.15) is 0 Å². The van der Waals surface area contributed by atoms with Gasteiger partial charge in [-0.2, -0.15) is 0 Å². The van der Waals surface area contributed by atoms with Crippen LogP contribution in [0, 0.1) is 0 Å². The summed E-state index contributed by atoms with van der Waals surface area (Å²) >= 11 is 0. The Hall–Kier alpha value is -0.840. The van der Waals surface area contributed by atoms with Gasteiger partial charge >= 0.3 is 0 Å². The zero-order valence-corrected chi connectivity index (χ0v) is 8.73. The highest BCUT2D eigenvalue weighted by atomic mass is 16.3. The first-order valence-corrected chi connectivity index (χ1v) is 4.73. The number of aliphatic hydroxyl groups excluding tert-OH is 1. The van der Waals surface area contributed by atoms with Crippen LogP contribution >= 0.6 is 0 Å². The Bertz CT molecular complexity index is 234. The Morgan fingerprint density at radius 1 is 1.57 bits per heavy atom. The van der Waals surface area contributed by atoms with Crippen molar-refractivity contribution in [2.45, 2.75) is 12.6 Å². The zero-order chi connectivity index (χ0) is 10.4. The van der Waals surface area contributed by atoms with Crippen LogP contribution in [0.4, 0.5) is 0 Å². The summed E-state index contributed by atoms with van der Waals surface area (Å²) in [6.45, 7) is 2.02. The number of nitrogens with one attached hydrogen (secondary N) is 1. The van der Waals surface area contributed by atoms with E-state index in [1.54, 1.807) is 12.5 Å². The second-order valence-electron chi connectivity index (χ2n) is 3.68. The molecule has 80 valence electrons. The van der Waals surface area contributed by atoms with Crippen LogP contribution in [0.5, 0.6) is 0 Å². The van der Waals surface area contributed by atoms with Gasteiger partial charge in [-0.1, -0.05) is 0 Å². The van der Waals surface area contributed by atoms with E-state index in [1.165, 1.54) is 0 Å². The molecule has 0 radical (unpaired) electrons. The maximum absolute atomic E-state index is 9.52. The smallest absolute Gasteiger partial charge is 0.0947 e. The topological polar surface area (TPSA) is 48.6 Å². The molecule has 1 atom stereocenters. The SMILES string of the molecule is CN(C)CC(O)CNCc1ccoc1. The standard InChI is InChI=1S/C10H18N2O2/c1-12(2)7-10(13)6-11-5-9-3-4-14-8-9/h3-4,8,10-11,13H,5-7H2,1-2H3. The largest absolute Gasteiger partial charge is 0.472 e. The van der Waals surface area contributed by atoms with Crippen LogP contribution in [-0.4, -0.2) is 43.3 Å². The molecule has 0 aliphatic rings. The summed E-state index contributed by atoms with van der Waals surface area (Å²) in [5.74, 6) is 0.